The van der Waals surface area contributed by atoms with E-state index < -0.39 is 10.0 Å². The average molecular weight is 439 g/mol. The lowest BCUT2D eigenvalue weighted by Gasteiger charge is -2.31. The number of nitrogens with zero attached hydrogens (tertiary/aromatic N) is 1. The molecule has 0 spiro atoms. The number of amides is 1. The van der Waals surface area contributed by atoms with E-state index in [4.69, 9.17) is 11.6 Å². The summed E-state index contributed by atoms with van der Waals surface area (Å²) in [6, 6.07) is 14.5. The molecule has 28 heavy (non-hydrogen) atoms. The van der Waals surface area contributed by atoms with Gasteiger partial charge in [0.05, 0.1) is 17.4 Å². The van der Waals surface area contributed by atoms with Crippen molar-refractivity contribution in [3.8, 4) is 0 Å². The van der Waals surface area contributed by atoms with Gasteiger partial charge < -0.3 is 5.32 Å². The maximum Gasteiger partial charge on any atom is 0.228 e. The highest BCUT2D eigenvalue weighted by Gasteiger charge is 2.32. The molecule has 1 saturated heterocycles. The van der Waals surface area contributed by atoms with Crippen LogP contribution in [0.3, 0.4) is 0 Å². The number of hydrogen-bond acceptors (Lipinski definition) is 4. The van der Waals surface area contributed by atoms with E-state index in [1.54, 1.807) is 36.0 Å². The van der Waals surface area contributed by atoms with E-state index in [2.05, 4.69) is 5.32 Å². The molecule has 1 amide bonds. The molecule has 0 unspecified atom stereocenters. The molecule has 0 aromatic heterocycles. The van der Waals surface area contributed by atoms with Crippen LogP contribution in [0.4, 0.5) is 5.69 Å². The molecular weight excluding hydrogens is 416 g/mol. The molecule has 2 aromatic carbocycles. The third kappa shape index (κ3) is 5.08. The van der Waals surface area contributed by atoms with Crippen LogP contribution in [-0.2, 0) is 20.6 Å². The molecule has 1 fully saturated rings. The van der Waals surface area contributed by atoms with Gasteiger partial charge in [0.1, 0.15) is 0 Å². The van der Waals surface area contributed by atoms with Crippen LogP contribution in [0.5, 0.6) is 0 Å². The third-order valence-electron chi connectivity index (χ3n) is 4.81. The first-order valence-electron chi connectivity index (χ1n) is 9.06. The minimum absolute atomic E-state index is 0.140. The van der Waals surface area contributed by atoms with Gasteiger partial charge in [-0.2, -0.15) is 0 Å². The molecule has 1 aliphatic heterocycles. The topological polar surface area (TPSA) is 66.5 Å². The zero-order valence-corrected chi connectivity index (χ0v) is 18.0. The summed E-state index contributed by atoms with van der Waals surface area (Å²) in [6.07, 6.45) is 3.28. The Hall–Kier alpha value is -1.54. The smallest absolute Gasteiger partial charge is 0.228 e. The Bertz CT molecular complexity index is 950. The fourth-order valence-electron chi connectivity index (χ4n) is 3.30. The molecule has 150 valence electrons. The van der Waals surface area contributed by atoms with E-state index in [0.29, 0.717) is 30.0 Å². The molecule has 3 rings (SSSR count). The number of anilines is 1. The van der Waals surface area contributed by atoms with Crippen LogP contribution < -0.4 is 5.32 Å². The van der Waals surface area contributed by atoms with Gasteiger partial charge in [0.2, 0.25) is 15.9 Å². The van der Waals surface area contributed by atoms with Crippen molar-refractivity contribution in [1.82, 2.24) is 4.31 Å². The van der Waals surface area contributed by atoms with Crippen molar-refractivity contribution in [2.75, 3.05) is 24.7 Å². The predicted octanol–water partition coefficient (Wildman–Crippen LogP) is 4.24. The number of sulfonamides is 1. The van der Waals surface area contributed by atoms with Crippen LogP contribution in [0.25, 0.3) is 0 Å². The number of thioether (sulfide) groups is 1. The fourth-order valence-corrected chi connectivity index (χ4v) is 5.77. The molecule has 5 nitrogen and oxygen atoms in total. The monoisotopic (exact) mass is 438 g/mol. The average Bonchev–Trinajstić information content (AvgIpc) is 2.70. The van der Waals surface area contributed by atoms with Crippen molar-refractivity contribution >= 4 is 45.0 Å². The predicted molar refractivity (Wildman–Crippen MR) is 115 cm³/mol. The molecule has 0 saturated carbocycles. The Balaban J connectivity index is 1.69. The summed E-state index contributed by atoms with van der Waals surface area (Å²) in [5, 5.41) is 3.40. The van der Waals surface area contributed by atoms with Gasteiger partial charge in [0.15, 0.2) is 0 Å². The van der Waals surface area contributed by atoms with E-state index >= 15 is 0 Å². The van der Waals surface area contributed by atoms with Crippen LogP contribution in [0.1, 0.15) is 18.4 Å². The highest BCUT2D eigenvalue weighted by molar-refractivity contribution is 7.98. The first-order chi connectivity index (χ1) is 13.4. The van der Waals surface area contributed by atoms with Gasteiger partial charge in [0, 0.05) is 23.0 Å². The number of para-hydroxylation sites is 1. The number of halogens is 1. The number of piperidine rings is 1. The number of hydrogen-bond donors (Lipinski definition) is 1. The second kappa shape index (κ2) is 9.31. The normalized spacial score (nSPS) is 18.0. The van der Waals surface area contributed by atoms with Crippen molar-refractivity contribution in [3.05, 3.63) is 59.1 Å². The van der Waals surface area contributed by atoms with Crippen LogP contribution in [0.2, 0.25) is 5.02 Å². The van der Waals surface area contributed by atoms with Crippen molar-refractivity contribution < 1.29 is 13.2 Å². The summed E-state index contributed by atoms with van der Waals surface area (Å²) in [5.74, 6) is -0.667. The van der Waals surface area contributed by atoms with E-state index in [0.717, 1.165) is 10.6 Å². The van der Waals surface area contributed by atoms with Crippen molar-refractivity contribution in [2.24, 2.45) is 5.92 Å². The molecule has 1 aliphatic rings. The van der Waals surface area contributed by atoms with Crippen LogP contribution >= 0.6 is 23.4 Å². The summed E-state index contributed by atoms with van der Waals surface area (Å²) in [6.45, 7) is 0.623. The molecule has 0 radical (unpaired) electrons. The van der Waals surface area contributed by atoms with Crippen LogP contribution in [0.15, 0.2) is 53.4 Å². The Morgan fingerprint density at radius 2 is 1.93 bits per heavy atom. The zero-order chi connectivity index (χ0) is 20.1. The molecule has 8 heteroatoms. The lowest BCUT2D eigenvalue weighted by Crippen LogP contribution is -2.44. The van der Waals surface area contributed by atoms with E-state index in [-0.39, 0.29) is 24.1 Å². The maximum atomic E-state index is 12.9. The maximum absolute atomic E-state index is 12.9. The molecular formula is C20H23ClN2O3S2. The Kier molecular flexibility index (Phi) is 7.04. The number of benzene rings is 2. The van der Waals surface area contributed by atoms with E-state index in [9.17, 15) is 13.2 Å². The Morgan fingerprint density at radius 1 is 1.21 bits per heavy atom. The summed E-state index contributed by atoms with van der Waals surface area (Å²) in [5.41, 5.74) is 1.33. The Morgan fingerprint density at radius 3 is 2.68 bits per heavy atom. The lowest BCUT2D eigenvalue weighted by molar-refractivity contribution is -0.120. The second-order valence-corrected chi connectivity index (χ2v) is 9.96. The summed E-state index contributed by atoms with van der Waals surface area (Å²) in [7, 11) is -3.55. The number of nitrogens with one attached hydrogen (secondary N) is 1. The molecule has 0 bridgehead atoms. The second-order valence-electron chi connectivity index (χ2n) is 6.73. The van der Waals surface area contributed by atoms with Crippen LogP contribution in [0, 0.1) is 5.92 Å². The lowest BCUT2D eigenvalue weighted by atomic mass is 9.99. The quantitative estimate of drug-likeness (QED) is 0.685. The summed E-state index contributed by atoms with van der Waals surface area (Å²) >= 11 is 7.68. The van der Waals surface area contributed by atoms with Crippen molar-refractivity contribution in [1.29, 1.82) is 0 Å². The van der Waals surface area contributed by atoms with Gasteiger partial charge in [-0.15, -0.1) is 11.8 Å². The number of rotatable bonds is 6. The van der Waals surface area contributed by atoms with Gasteiger partial charge in [-0.1, -0.05) is 41.9 Å². The highest BCUT2D eigenvalue weighted by Crippen LogP contribution is 2.28. The molecule has 1 heterocycles. The summed E-state index contributed by atoms with van der Waals surface area (Å²) < 4.78 is 27.2. The highest BCUT2D eigenvalue weighted by atomic mass is 35.5. The van der Waals surface area contributed by atoms with Gasteiger partial charge in [-0.3, -0.25) is 4.79 Å². The van der Waals surface area contributed by atoms with Crippen LogP contribution in [-0.4, -0.2) is 38.0 Å². The summed E-state index contributed by atoms with van der Waals surface area (Å²) in [4.78, 5) is 13.7. The molecule has 2 aromatic rings. The van der Waals surface area contributed by atoms with E-state index in [1.165, 1.54) is 4.31 Å². The SMILES string of the molecule is CSc1ccccc1NC(=O)[C@H]1CCCN(S(=O)(=O)Cc2ccccc2Cl)C1. The van der Waals surface area contributed by atoms with Crippen molar-refractivity contribution in [3.63, 3.8) is 0 Å². The first-order valence-corrected chi connectivity index (χ1v) is 12.3. The largest absolute Gasteiger partial charge is 0.325 e. The number of carbonyl (C=O) groups is 1. The third-order valence-corrected chi connectivity index (χ3v) is 7.77. The van der Waals surface area contributed by atoms with Gasteiger partial charge in [-0.25, -0.2) is 12.7 Å². The van der Waals surface area contributed by atoms with E-state index in [1.807, 2.05) is 30.5 Å². The molecule has 1 N–H and O–H groups in total. The number of carbonyl (C=O) groups excluding carboxylic acids is 1. The fraction of sp³-hybridized carbons (Fsp3) is 0.350. The Labute approximate surface area is 175 Å². The van der Waals surface area contributed by atoms with Gasteiger partial charge in [-0.05, 0) is 42.9 Å². The zero-order valence-electron chi connectivity index (χ0n) is 15.6. The van der Waals surface area contributed by atoms with Gasteiger partial charge in [0.25, 0.3) is 0 Å². The molecule has 1 atom stereocenters. The van der Waals surface area contributed by atoms with Crippen molar-refractivity contribution in [2.45, 2.75) is 23.5 Å². The first kappa shape index (κ1) is 21.2. The standard InChI is InChI=1S/C20H23ClN2O3S2/c1-27-19-11-5-4-10-18(19)22-20(24)15-8-6-12-23(13-15)28(25,26)14-16-7-2-3-9-17(16)21/h2-5,7,9-11,15H,6,8,12-14H2,1H3,(H,22,24)/t15-/m0/s1. The molecule has 0 aliphatic carbocycles. The van der Waals surface area contributed by atoms with Gasteiger partial charge >= 0.3 is 0 Å². The minimum atomic E-state index is -3.55. The minimum Gasteiger partial charge on any atom is -0.325 e.